The Morgan fingerprint density at radius 2 is 2.43 bits per heavy atom. The van der Waals surface area contributed by atoms with Crippen LogP contribution in [0.5, 0.6) is 0 Å². The molecule has 0 aromatic rings. The van der Waals surface area contributed by atoms with Crippen LogP contribution < -0.4 is 0 Å². The van der Waals surface area contributed by atoms with Gasteiger partial charge in [-0.15, -0.1) is 0 Å². The molecule has 0 spiro atoms. The maximum absolute atomic E-state index is 8.29. The van der Waals surface area contributed by atoms with Gasteiger partial charge in [0.15, 0.2) is 0 Å². The normalized spacial score (nSPS) is 11.3. The van der Waals surface area contributed by atoms with Gasteiger partial charge in [-0.25, -0.2) is 0 Å². The highest BCUT2D eigenvalue weighted by atomic mass is 16.2. The SMILES string of the molecule is C=C/C(=C/O)CC. The Hall–Kier alpha value is -0.720. The van der Waals surface area contributed by atoms with Crippen molar-refractivity contribution in [3.05, 3.63) is 24.5 Å². The summed E-state index contributed by atoms with van der Waals surface area (Å²) in [5.41, 5.74) is 0.875. The van der Waals surface area contributed by atoms with E-state index in [1.54, 1.807) is 6.08 Å². The van der Waals surface area contributed by atoms with Crippen molar-refractivity contribution in [3.8, 4) is 0 Å². The van der Waals surface area contributed by atoms with Gasteiger partial charge >= 0.3 is 0 Å². The third-order valence-electron chi connectivity index (χ3n) is 0.836. The Morgan fingerprint density at radius 1 is 1.86 bits per heavy atom. The second-order valence-corrected chi connectivity index (χ2v) is 1.26. The third kappa shape index (κ3) is 2.04. The fraction of sp³-hybridized carbons (Fsp3) is 0.333. The summed E-state index contributed by atoms with van der Waals surface area (Å²) in [4.78, 5) is 0. The van der Waals surface area contributed by atoms with Gasteiger partial charge in [0.25, 0.3) is 0 Å². The van der Waals surface area contributed by atoms with Gasteiger partial charge in [-0.1, -0.05) is 19.6 Å². The lowest BCUT2D eigenvalue weighted by atomic mass is 10.2. The molecule has 0 rings (SSSR count). The molecule has 40 valence electrons. The van der Waals surface area contributed by atoms with Crippen molar-refractivity contribution in [3.63, 3.8) is 0 Å². The minimum absolute atomic E-state index is 0.847. The van der Waals surface area contributed by atoms with Crippen LogP contribution in [0.4, 0.5) is 0 Å². The van der Waals surface area contributed by atoms with Crippen LogP contribution >= 0.6 is 0 Å². The van der Waals surface area contributed by atoms with Crippen LogP contribution in [0, 0.1) is 0 Å². The second kappa shape index (κ2) is 3.47. The maximum Gasteiger partial charge on any atom is 0.0823 e. The van der Waals surface area contributed by atoms with Crippen molar-refractivity contribution in [2.45, 2.75) is 13.3 Å². The lowest BCUT2D eigenvalue weighted by molar-refractivity contribution is 0.467. The highest BCUT2D eigenvalue weighted by Gasteiger charge is 1.79. The van der Waals surface area contributed by atoms with Crippen LogP contribution in [-0.2, 0) is 0 Å². The highest BCUT2D eigenvalue weighted by Crippen LogP contribution is 1.97. The van der Waals surface area contributed by atoms with Crippen molar-refractivity contribution in [1.29, 1.82) is 0 Å². The van der Waals surface area contributed by atoms with E-state index in [-0.39, 0.29) is 0 Å². The van der Waals surface area contributed by atoms with Crippen LogP contribution in [0.15, 0.2) is 24.5 Å². The molecule has 0 saturated carbocycles. The Labute approximate surface area is 44.0 Å². The summed E-state index contributed by atoms with van der Waals surface area (Å²) in [7, 11) is 0. The first-order valence-electron chi connectivity index (χ1n) is 2.30. The van der Waals surface area contributed by atoms with E-state index in [9.17, 15) is 0 Å². The van der Waals surface area contributed by atoms with E-state index >= 15 is 0 Å². The predicted molar refractivity (Wildman–Crippen MR) is 31.2 cm³/mol. The molecular formula is C6H10O. The van der Waals surface area contributed by atoms with Crippen molar-refractivity contribution in [2.24, 2.45) is 0 Å². The molecule has 0 aromatic carbocycles. The first kappa shape index (κ1) is 6.28. The molecule has 7 heavy (non-hydrogen) atoms. The third-order valence-corrected chi connectivity index (χ3v) is 0.836. The summed E-state index contributed by atoms with van der Waals surface area (Å²) in [6.07, 6.45) is 3.56. The zero-order valence-electron chi connectivity index (χ0n) is 4.52. The predicted octanol–water partition coefficient (Wildman–Crippen LogP) is 2.02. The summed E-state index contributed by atoms with van der Waals surface area (Å²) in [6, 6.07) is 0. The van der Waals surface area contributed by atoms with E-state index < -0.39 is 0 Å². The van der Waals surface area contributed by atoms with Crippen molar-refractivity contribution >= 4 is 0 Å². The summed E-state index contributed by atoms with van der Waals surface area (Å²) < 4.78 is 0. The molecule has 0 aromatic heterocycles. The standard InChI is InChI=1S/C6H10O/c1-3-6(4-2)5-7/h3,5,7H,1,4H2,2H3/b6-5-. The Morgan fingerprint density at radius 3 is 2.43 bits per heavy atom. The molecule has 0 saturated heterocycles. The van der Waals surface area contributed by atoms with Crippen LogP contribution in [0.1, 0.15) is 13.3 Å². The first-order valence-corrected chi connectivity index (χ1v) is 2.30. The summed E-state index contributed by atoms with van der Waals surface area (Å²) in [6.45, 7) is 5.44. The van der Waals surface area contributed by atoms with Gasteiger partial charge in [0.1, 0.15) is 0 Å². The number of aliphatic hydroxyl groups excluding tert-OH is 1. The lowest BCUT2D eigenvalue weighted by Crippen LogP contribution is -1.69. The summed E-state index contributed by atoms with van der Waals surface area (Å²) in [5.74, 6) is 0. The molecule has 0 heterocycles. The van der Waals surface area contributed by atoms with Crippen LogP contribution in [-0.4, -0.2) is 5.11 Å². The van der Waals surface area contributed by atoms with E-state index in [2.05, 4.69) is 6.58 Å². The van der Waals surface area contributed by atoms with E-state index in [1.165, 1.54) is 0 Å². The van der Waals surface area contributed by atoms with Gasteiger partial charge in [0.05, 0.1) is 6.26 Å². The number of aliphatic hydroxyl groups is 1. The largest absolute Gasteiger partial charge is 0.515 e. The van der Waals surface area contributed by atoms with Crippen LogP contribution in [0.3, 0.4) is 0 Å². The summed E-state index contributed by atoms with van der Waals surface area (Å²) in [5, 5.41) is 8.29. The molecule has 0 bridgehead atoms. The minimum Gasteiger partial charge on any atom is -0.515 e. The number of allylic oxidation sites excluding steroid dienone is 2. The van der Waals surface area contributed by atoms with Crippen molar-refractivity contribution in [1.82, 2.24) is 0 Å². The first-order chi connectivity index (χ1) is 3.35. The molecule has 0 fully saturated rings. The average Bonchev–Trinajstić information content (AvgIpc) is 1.72. The van der Waals surface area contributed by atoms with Crippen molar-refractivity contribution < 1.29 is 5.11 Å². The Bertz CT molecular complexity index is 82.2. The lowest BCUT2D eigenvalue weighted by Gasteiger charge is -1.86. The molecule has 0 amide bonds. The van der Waals surface area contributed by atoms with Crippen LogP contribution in [0.2, 0.25) is 0 Å². The van der Waals surface area contributed by atoms with Gasteiger partial charge in [-0.2, -0.15) is 0 Å². The number of hydrogen-bond acceptors (Lipinski definition) is 1. The van der Waals surface area contributed by atoms with E-state index in [1.807, 2.05) is 6.92 Å². The smallest absolute Gasteiger partial charge is 0.0823 e. The molecule has 0 radical (unpaired) electrons. The van der Waals surface area contributed by atoms with Gasteiger partial charge in [-0.05, 0) is 12.0 Å². The fourth-order valence-electron chi connectivity index (χ4n) is 0.288. The number of hydrogen-bond donors (Lipinski definition) is 1. The molecule has 1 heteroatoms. The highest BCUT2D eigenvalue weighted by molar-refractivity contribution is 5.11. The molecule has 0 unspecified atom stereocenters. The zero-order valence-corrected chi connectivity index (χ0v) is 4.52. The molecule has 0 aliphatic carbocycles. The topological polar surface area (TPSA) is 20.2 Å². The van der Waals surface area contributed by atoms with Crippen LogP contribution in [0.25, 0.3) is 0 Å². The molecule has 1 N–H and O–H groups in total. The van der Waals surface area contributed by atoms with E-state index in [4.69, 9.17) is 5.11 Å². The molecule has 0 atom stereocenters. The van der Waals surface area contributed by atoms with E-state index in [0.717, 1.165) is 18.3 Å². The molecule has 0 aliphatic rings. The van der Waals surface area contributed by atoms with Gasteiger partial charge in [0, 0.05) is 0 Å². The fourth-order valence-corrected chi connectivity index (χ4v) is 0.288. The average molecular weight is 98.1 g/mol. The quantitative estimate of drug-likeness (QED) is 0.414. The minimum atomic E-state index is 0.847. The second-order valence-electron chi connectivity index (χ2n) is 1.26. The van der Waals surface area contributed by atoms with Crippen molar-refractivity contribution in [2.75, 3.05) is 0 Å². The number of rotatable bonds is 2. The molecule has 1 nitrogen and oxygen atoms in total. The van der Waals surface area contributed by atoms with Gasteiger partial charge < -0.3 is 5.11 Å². The summed E-state index contributed by atoms with van der Waals surface area (Å²) >= 11 is 0. The molecule has 0 aliphatic heterocycles. The maximum atomic E-state index is 8.29. The monoisotopic (exact) mass is 98.1 g/mol. The Balaban J connectivity index is 3.60. The van der Waals surface area contributed by atoms with Gasteiger partial charge in [-0.3, -0.25) is 0 Å². The zero-order chi connectivity index (χ0) is 5.70. The molecular weight excluding hydrogens is 88.1 g/mol. The van der Waals surface area contributed by atoms with E-state index in [0.29, 0.717) is 0 Å². The van der Waals surface area contributed by atoms with Gasteiger partial charge in [0.2, 0.25) is 0 Å². The Kier molecular flexibility index (Phi) is 3.11.